The zero-order chi connectivity index (χ0) is 60.4. The minimum absolute atomic E-state index is 0.0359. The Hall–Kier alpha value is -3.50. The van der Waals surface area contributed by atoms with Gasteiger partial charge in [-0.05, 0) is 249 Å². The van der Waals surface area contributed by atoms with Gasteiger partial charge in [0.25, 0.3) is 0 Å². The van der Waals surface area contributed by atoms with Crippen LogP contribution in [-0.2, 0) is 38.2 Å². The summed E-state index contributed by atoms with van der Waals surface area (Å²) in [5.41, 5.74) is 0. The maximum atomic E-state index is 11.2. The van der Waals surface area contributed by atoms with Crippen LogP contribution >= 0.6 is 0 Å². The van der Waals surface area contributed by atoms with Gasteiger partial charge in [0, 0.05) is 0 Å². The van der Waals surface area contributed by atoms with E-state index in [1.54, 1.807) is 12.8 Å². The first kappa shape index (κ1) is 64.5. The number of carboxylic acid groups (broad SMARTS) is 4. The number of hydrogen-bond acceptors (Lipinski definition) is 7. The van der Waals surface area contributed by atoms with Crippen molar-refractivity contribution in [2.45, 2.75) is 180 Å². The number of allylic oxidation sites excluding steroid dienone is 2. The van der Waals surface area contributed by atoms with Gasteiger partial charge in [0.1, 0.15) is 0 Å². The summed E-state index contributed by atoms with van der Waals surface area (Å²) in [7, 11) is 0. The van der Waals surface area contributed by atoms with Gasteiger partial charge in [-0.2, -0.15) is 0 Å². The molecule has 14 aliphatic carbocycles. The molecule has 82 heavy (non-hydrogen) atoms. The molecule has 0 aromatic heterocycles. The second-order valence-electron chi connectivity index (χ2n) is 31.3. The molecule has 1 aliphatic heterocycles. The SMILES string of the molecule is C[C@@H]1C2CC([C@@H](C)C2)[C@@H]1C.C[C@@H]1C2CC([C@@H](C)C2)[C@@H]1C(=O)O.C[C@@H]1CC2CC1[C@H](C(=O)O)[C@@H]2C.C[C@@H]1CC2CC1[C@H](C)[C@@H]2C.C[C@@H]1CC2CC1[C@H](C)[C@@H]2C(=O)O.C[C@H]1CC2CC1[C@H](C)[C@@H]2C(=O)O.O=C1OC(=O)[C@H]2C3C=CC(C3)[C@@H]12.[C-]#[O+]. The Kier molecular flexibility index (Phi) is 20.3. The molecule has 0 radical (unpaired) electrons. The van der Waals surface area contributed by atoms with Gasteiger partial charge in [0.15, 0.2) is 0 Å². The van der Waals surface area contributed by atoms with E-state index in [0.29, 0.717) is 82.9 Å². The molecule has 12 heteroatoms. The predicted octanol–water partition coefficient (Wildman–Crippen LogP) is 14.3. The molecule has 0 spiro atoms. The molecule has 14 bridgehead atoms. The van der Waals surface area contributed by atoms with Gasteiger partial charge in [0.2, 0.25) is 0 Å². The van der Waals surface area contributed by atoms with Crippen molar-refractivity contribution in [3.05, 3.63) is 18.8 Å². The molecule has 12 nitrogen and oxygen atoms in total. The summed E-state index contributed by atoms with van der Waals surface area (Å²) in [5.74, 6) is 16.9. The van der Waals surface area contributed by atoms with E-state index in [1.807, 2.05) is 12.2 Å². The number of hydrogen-bond donors (Lipinski definition) is 4. The van der Waals surface area contributed by atoms with Crippen LogP contribution in [0.2, 0.25) is 0 Å². The van der Waals surface area contributed by atoms with Gasteiger partial charge in [-0.15, -0.1) is 0 Å². The molecule has 34 atom stereocenters. The van der Waals surface area contributed by atoms with E-state index in [2.05, 4.69) is 108 Å². The Balaban J connectivity index is 0.000000125. The molecule has 0 aromatic rings. The summed E-state index contributed by atoms with van der Waals surface area (Å²) in [6.45, 7) is 36.5. The van der Waals surface area contributed by atoms with E-state index >= 15 is 0 Å². The van der Waals surface area contributed by atoms with Crippen LogP contribution in [0.15, 0.2) is 12.2 Å². The van der Waals surface area contributed by atoms with Crippen LogP contribution in [0.25, 0.3) is 0 Å². The van der Waals surface area contributed by atoms with Gasteiger partial charge >= 0.3 is 47.1 Å². The second kappa shape index (κ2) is 25.8. The summed E-state index contributed by atoms with van der Waals surface area (Å²) in [6.07, 6.45) is 20.7. The summed E-state index contributed by atoms with van der Waals surface area (Å²) in [4.78, 5) is 66.1. The molecule has 0 aromatic carbocycles. The standard InChI is InChI=1S/4C10H16O2.2C10H18.C9H8O3.CO/c2*1-5-3-7-4-8(5)6(2)9(7)10(11)12;2*1-5-3-7-4-8(5)9(6(7)2)10(11)12;2*1-6-4-9-5-10(6)8(3)7(9)2;10-8-6-4-1-2-5(3-4)7(6)9(11)12-8;1-2/h4*5-9H,3-4H2,1-2H3,(H,11,12);2*6-10H,4-5H2,1-3H3;1-2,4-7H,3H2;/t5-,6+,7?,8?,9+;5-,6-,7?,8?,9-;5-,6+,7?,8?,9+;5-,6-,7?,8?,9-;6-,7+,8-,9?,10?;6-,7-,8+,9?,10?;4?,5?,6-,7+;/m100110../s1. The first-order chi connectivity index (χ1) is 38.6. The number of carboxylic acids is 4. The molecule has 1 saturated heterocycles. The molecule has 4 N–H and O–H groups in total. The van der Waals surface area contributed by atoms with Gasteiger partial charge in [-0.3, -0.25) is 28.8 Å². The molecular formula is C70H108O12. The zero-order valence-corrected chi connectivity index (χ0v) is 52.5. The van der Waals surface area contributed by atoms with Gasteiger partial charge < -0.3 is 25.2 Å². The van der Waals surface area contributed by atoms with Gasteiger partial charge in [-0.25, -0.2) is 0 Å². The Morgan fingerprint density at radius 1 is 0.341 bits per heavy atom. The van der Waals surface area contributed by atoms with Crippen molar-refractivity contribution in [3.8, 4) is 0 Å². The Bertz CT molecular complexity index is 2200. The molecule has 460 valence electrons. The van der Waals surface area contributed by atoms with E-state index < -0.39 is 23.9 Å². The molecule has 14 fully saturated rings. The molecule has 13 saturated carbocycles. The first-order valence-corrected chi connectivity index (χ1v) is 33.2. The molecule has 1 heterocycles. The topological polar surface area (TPSA) is 212 Å². The van der Waals surface area contributed by atoms with E-state index in [-0.39, 0.29) is 59.3 Å². The first-order valence-electron chi connectivity index (χ1n) is 33.2. The number of esters is 2. The van der Waals surface area contributed by atoms with Crippen LogP contribution in [0.3, 0.4) is 0 Å². The van der Waals surface area contributed by atoms with E-state index in [0.717, 1.165) is 90.3 Å². The van der Waals surface area contributed by atoms with Crippen LogP contribution in [0, 0.1) is 208 Å². The van der Waals surface area contributed by atoms with Crippen LogP contribution in [0.4, 0.5) is 0 Å². The third-order valence-electron chi connectivity index (χ3n) is 27.8. The number of cyclic esters (lactones) is 2. The molecule has 0 amide bonds. The minimum atomic E-state index is -0.568. The third kappa shape index (κ3) is 12.1. The van der Waals surface area contributed by atoms with Crippen molar-refractivity contribution >= 4 is 35.8 Å². The summed E-state index contributed by atoms with van der Waals surface area (Å²) in [5, 5.41) is 36.0. The molecule has 15 aliphatic rings. The Labute approximate surface area is 492 Å². The quantitative estimate of drug-likeness (QED) is 0.0683. The van der Waals surface area contributed by atoms with Crippen LogP contribution in [-0.4, -0.2) is 56.2 Å². The molecular weight excluding hydrogens is 1030 g/mol. The van der Waals surface area contributed by atoms with E-state index in [1.165, 1.54) is 51.4 Å². The summed E-state index contributed by atoms with van der Waals surface area (Å²) in [6, 6.07) is 0. The average Bonchev–Trinajstić information content (AvgIpc) is 3.75. The van der Waals surface area contributed by atoms with Gasteiger partial charge in [0.05, 0.1) is 35.5 Å². The van der Waals surface area contributed by atoms with Crippen molar-refractivity contribution in [2.75, 3.05) is 0 Å². The molecule has 14 unspecified atom stereocenters. The summed E-state index contributed by atoms with van der Waals surface area (Å²) >= 11 is 0. The maximum absolute atomic E-state index is 11.2. The number of carbonyl (C=O) groups is 6. The van der Waals surface area contributed by atoms with Crippen LogP contribution < -0.4 is 0 Å². The van der Waals surface area contributed by atoms with Crippen molar-refractivity contribution in [2.24, 2.45) is 201 Å². The van der Waals surface area contributed by atoms with E-state index in [4.69, 9.17) is 25.1 Å². The predicted molar refractivity (Wildman–Crippen MR) is 313 cm³/mol. The summed E-state index contributed by atoms with van der Waals surface area (Å²) < 4.78 is 12.1. The normalized spacial score (nSPS) is 51.7. The third-order valence-corrected chi connectivity index (χ3v) is 27.8. The molecule has 15 rings (SSSR count). The number of ether oxygens (including phenoxy) is 1. The van der Waals surface area contributed by atoms with Crippen molar-refractivity contribution in [1.82, 2.24) is 0 Å². The van der Waals surface area contributed by atoms with Crippen molar-refractivity contribution in [1.29, 1.82) is 0 Å². The number of carbonyl (C=O) groups excluding carboxylic acids is 2. The number of rotatable bonds is 4. The fourth-order valence-corrected chi connectivity index (χ4v) is 23.0. The van der Waals surface area contributed by atoms with Crippen molar-refractivity contribution in [3.63, 3.8) is 0 Å². The second-order valence-corrected chi connectivity index (χ2v) is 31.3. The average molecular weight is 1140 g/mol. The Morgan fingerprint density at radius 3 is 0.805 bits per heavy atom. The van der Waals surface area contributed by atoms with Crippen LogP contribution in [0.1, 0.15) is 180 Å². The van der Waals surface area contributed by atoms with Crippen molar-refractivity contribution < 1.29 is 58.6 Å². The Morgan fingerprint density at radius 2 is 0.585 bits per heavy atom. The zero-order valence-electron chi connectivity index (χ0n) is 52.5. The van der Waals surface area contributed by atoms with Gasteiger partial charge in [-0.1, -0.05) is 109 Å². The van der Waals surface area contributed by atoms with Crippen LogP contribution in [0.5, 0.6) is 0 Å². The fraction of sp³-hybridized carbons (Fsp3) is 0.871. The number of aliphatic carboxylic acids is 4. The fourth-order valence-electron chi connectivity index (χ4n) is 23.0. The monoisotopic (exact) mass is 1140 g/mol. The number of fused-ring (bicyclic) bond motifs is 17. The van der Waals surface area contributed by atoms with E-state index in [9.17, 15) is 28.8 Å².